The van der Waals surface area contributed by atoms with Crippen LogP contribution in [0.4, 0.5) is 16.0 Å². The van der Waals surface area contributed by atoms with Crippen LogP contribution in [0.3, 0.4) is 0 Å². The standard InChI is InChI=1S/C27H31FN10O9P2S2/c1-13-27(8-40)20(47-49(42)51)19(43-13)26(45-27)38-12-36-17-22(32-10-34-24(17)38)30-5-3-2-4-29-21-16-23(33-9-31-21)37(11-35-16)25-14(6-28)18(46-48(41)50)15(7-39)44-25/h2-3,9-15,18-20,25-26,39-40H,4-8H2,1H3,(H2-2,29,30,31,32,33,34,41,42,50,51)/p+2. The van der Waals surface area contributed by atoms with Gasteiger partial charge >= 0.3 is 14.5 Å². The minimum absolute atomic E-state index is 0.366. The predicted molar refractivity (Wildman–Crippen MR) is 184 cm³/mol. The number of alkyl halides is 1. The summed E-state index contributed by atoms with van der Waals surface area (Å²) < 4.78 is 69.8. The minimum atomic E-state index is -2.36. The van der Waals surface area contributed by atoms with Crippen LogP contribution in [0, 0.1) is 5.92 Å². The lowest BCUT2D eigenvalue weighted by Gasteiger charge is -2.34. The smallest absolute Gasteiger partial charge is 0.394 e. The molecule has 3 saturated heterocycles. The van der Waals surface area contributed by atoms with Gasteiger partial charge in [-0.25, -0.2) is 29.9 Å². The van der Waals surface area contributed by atoms with Crippen LogP contribution in [0.25, 0.3) is 22.3 Å². The van der Waals surface area contributed by atoms with E-state index in [1.807, 2.05) is 12.2 Å². The number of aliphatic hydroxyl groups is 2. The topological polar surface area (TPSA) is 232 Å². The number of anilines is 2. The third-order valence-corrected chi connectivity index (χ3v) is 10.5. The van der Waals surface area contributed by atoms with E-state index in [9.17, 15) is 23.7 Å². The summed E-state index contributed by atoms with van der Waals surface area (Å²) in [6, 6.07) is 0. The summed E-state index contributed by atoms with van der Waals surface area (Å²) >= 11 is 7.65. The molecule has 11 unspecified atom stereocenters. The van der Waals surface area contributed by atoms with Gasteiger partial charge in [-0.1, -0.05) is 12.2 Å². The van der Waals surface area contributed by atoms with Crippen molar-refractivity contribution in [3.63, 3.8) is 0 Å². The highest BCUT2D eigenvalue weighted by Gasteiger charge is 2.69. The molecule has 2 bridgehead atoms. The number of nitrogens with zero attached hydrogens (tertiary/aromatic N) is 8. The SMILES string of the molecule is CC1OC2C(n3cnc4c(NCC=CCNc5ncnc6c5ncn6C5OC(CO)C(O[P+](=O)S)C5CF)ncnc43)OC1(CO)C2O[P+](=O)S. The Labute approximate surface area is 300 Å². The molecule has 0 saturated carbocycles. The number of hydrogen-bond acceptors (Lipinski definition) is 17. The number of hydrogen-bond donors (Lipinski definition) is 6. The number of fused-ring (bicyclic) bond motifs is 4. The van der Waals surface area contributed by atoms with E-state index in [2.05, 4.69) is 65.0 Å². The molecule has 0 amide bonds. The Hall–Kier alpha value is -3.01. The normalized spacial score (nSPS) is 30.9. The number of imidazole rings is 2. The zero-order valence-electron chi connectivity index (χ0n) is 26.6. The second-order valence-electron chi connectivity index (χ2n) is 11.8. The number of thiol groups is 2. The first-order valence-electron chi connectivity index (χ1n) is 15.6. The Balaban J connectivity index is 0.990. The molecule has 272 valence electrons. The van der Waals surface area contributed by atoms with Crippen LogP contribution in [0.1, 0.15) is 19.4 Å². The molecule has 0 radical (unpaired) electrons. The molecule has 0 aromatic carbocycles. The highest BCUT2D eigenvalue weighted by Crippen LogP contribution is 2.53. The molecule has 0 aliphatic carbocycles. The fourth-order valence-electron chi connectivity index (χ4n) is 6.76. The van der Waals surface area contributed by atoms with E-state index >= 15 is 0 Å². The maximum Gasteiger partial charge on any atom is 0.582 e. The van der Waals surface area contributed by atoms with Crippen molar-refractivity contribution in [1.82, 2.24) is 39.0 Å². The molecule has 7 heterocycles. The van der Waals surface area contributed by atoms with Gasteiger partial charge in [0.15, 0.2) is 58.0 Å². The van der Waals surface area contributed by atoms with Crippen LogP contribution in [0.15, 0.2) is 37.5 Å². The van der Waals surface area contributed by atoms with Crippen molar-refractivity contribution in [2.45, 2.75) is 55.5 Å². The molecule has 4 N–H and O–H groups in total. The average molecular weight is 787 g/mol. The summed E-state index contributed by atoms with van der Waals surface area (Å²) in [6.45, 7) is 0.752. The van der Waals surface area contributed by atoms with Crippen molar-refractivity contribution < 1.29 is 47.0 Å². The third-order valence-electron chi connectivity index (χ3n) is 9.15. The molecule has 7 rings (SSSR count). The largest absolute Gasteiger partial charge is 0.582 e. The molecule has 0 spiro atoms. The molecule has 11 atom stereocenters. The van der Waals surface area contributed by atoms with E-state index < -0.39 is 88.8 Å². The Morgan fingerprint density at radius 1 is 0.922 bits per heavy atom. The van der Waals surface area contributed by atoms with Crippen molar-refractivity contribution in [2.24, 2.45) is 5.92 Å². The molecule has 3 aliphatic heterocycles. The van der Waals surface area contributed by atoms with Gasteiger partial charge in [-0.05, 0) is 16.1 Å². The monoisotopic (exact) mass is 786 g/mol. The van der Waals surface area contributed by atoms with Crippen molar-refractivity contribution in [1.29, 1.82) is 0 Å². The number of halogens is 1. The molecule has 24 heteroatoms. The summed E-state index contributed by atoms with van der Waals surface area (Å²) in [6.07, 6.45) is 3.83. The molecule has 4 aromatic heterocycles. The van der Waals surface area contributed by atoms with Gasteiger partial charge in [-0.3, -0.25) is 13.5 Å². The summed E-state index contributed by atoms with van der Waals surface area (Å²) in [5.74, 6) is 0.00769. The van der Waals surface area contributed by atoms with E-state index in [4.69, 9.17) is 23.3 Å². The van der Waals surface area contributed by atoms with E-state index in [0.29, 0.717) is 47.1 Å². The van der Waals surface area contributed by atoms with Gasteiger partial charge < -0.3 is 35.1 Å². The van der Waals surface area contributed by atoms with Gasteiger partial charge in [0.25, 0.3) is 0 Å². The van der Waals surface area contributed by atoms with Crippen LogP contribution in [0.5, 0.6) is 0 Å². The zero-order chi connectivity index (χ0) is 35.9. The molecule has 4 aromatic rings. The van der Waals surface area contributed by atoms with Gasteiger partial charge in [-0.2, -0.15) is 0 Å². The van der Waals surface area contributed by atoms with Gasteiger partial charge in [0, 0.05) is 13.1 Å². The first-order valence-corrected chi connectivity index (χ1v) is 20.3. The Morgan fingerprint density at radius 2 is 1.51 bits per heavy atom. The molecular weight excluding hydrogens is 753 g/mol. The van der Waals surface area contributed by atoms with E-state index in [1.54, 1.807) is 11.5 Å². The number of aliphatic hydroxyl groups excluding tert-OH is 2. The van der Waals surface area contributed by atoms with Gasteiger partial charge in [-0.15, -0.1) is 9.05 Å². The summed E-state index contributed by atoms with van der Waals surface area (Å²) in [4.78, 5) is 26.2. The van der Waals surface area contributed by atoms with E-state index in [-0.39, 0.29) is 0 Å². The minimum Gasteiger partial charge on any atom is -0.394 e. The number of ether oxygens (including phenoxy) is 3. The fraction of sp³-hybridized carbons (Fsp3) is 0.556. The first-order chi connectivity index (χ1) is 24.7. The second-order valence-corrected chi connectivity index (χ2v) is 15.2. The number of aromatic nitrogens is 8. The van der Waals surface area contributed by atoms with Crippen molar-refractivity contribution in [3.05, 3.63) is 37.5 Å². The summed E-state index contributed by atoms with van der Waals surface area (Å²) in [5.41, 5.74) is 0.475. The first kappa shape index (κ1) is 36.4. The van der Waals surface area contributed by atoms with Crippen LogP contribution in [-0.4, -0.2) is 118 Å². The van der Waals surface area contributed by atoms with Crippen molar-refractivity contribution >= 4 is 72.9 Å². The zero-order valence-corrected chi connectivity index (χ0v) is 30.2. The summed E-state index contributed by atoms with van der Waals surface area (Å²) in [5, 5.41) is 26.4. The Kier molecular flexibility index (Phi) is 10.8. The highest BCUT2D eigenvalue weighted by molar-refractivity contribution is 8.39. The highest BCUT2D eigenvalue weighted by atomic mass is 32.7. The summed E-state index contributed by atoms with van der Waals surface area (Å²) in [7, 11) is -4.64. The molecule has 19 nitrogen and oxygen atoms in total. The van der Waals surface area contributed by atoms with Gasteiger partial charge in [0.2, 0.25) is 0 Å². The molecular formula is C27H33FN10O9P2S2+2. The van der Waals surface area contributed by atoms with E-state index in [1.165, 1.54) is 29.9 Å². The Morgan fingerprint density at radius 3 is 2.04 bits per heavy atom. The van der Waals surface area contributed by atoms with Gasteiger partial charge in [0.05, 0.1) is 44.6 Å². The predicted octanol–water partition coefficient (Wildman–Crippen LogP) is 2.51. The van der Waals surface area contributed by atoms with Crippen LogP contribution < -0.4 is 10.6 Å². The van der Waals surface area contributed by atoms with Crippen molar-refractivity contribution in [3.8, 4) is 0 Å². The maximum absolute atomic E-state index is 14.2. The number of nitrogens with one attached hydrogen (secondary N) is 2. The van der Waals surface area contributed by atoms with Crippen LogP contribution in [0.2, 0.25) is 0 Å². The lowest BCUT2D eigenvalue weighted by Crippen LogP contribution is -2.49. The van der Waals surface area contributed by atoms with Crippen LogP contribution in [-0.2, 0) is 32.4 Å². The lowest BCUT2D eigenvalue weighted by molar-refractivity contribution is -0.216. The quantitative estimate of drug-likeness (QED) is 0.0577. The number of rotatable bonds is 15. The second kappa shape index (κ2) is 15.2. The average Bonchev–Trinajstić information content (AvgIpc) is 3.92. The van der Waals surface area contributed by atoms with E-state index in [0.717, 1.165) is 0 Å². The molecule has 3 fully saturated rings. The molecule has 3 aliphatic rings. The van der Waals surface area contributed by atoms with Gasteiger partial charge in [0.1, 0.15) is 55.6 Å². The third kappa shape index (κ3) is 6.61. The van der Waals surface area contributed by atoms with Crippen LogP contribution >= 0.6 is 39.0 Å². The lowest BCUT2D eigenvalue weighted by atomic mass is 9.94. The maximum atomic E-state index is 14.2. The molecule has 51 heavy (non-hydrogen) atoms. The fourth-order valence-corrected chi connectivity index (χ4v) is 8.39. The van der Waals surface area contributed by atoms with Crippen molar-refractivity contribution in [2.75, 3.05) is 43.6 Å². The Bertz CT molecular complexity index is 1960.